The number of ketones is 1. The summed E-state index contributed by atoms with van der Waals surface area (Å²) in [7, 11) is 0. The summed E-state index contributed by atoms with van der Waals surface area (Å²) in [6.07, 6.45) is 0. The van der Waals surface area contributed by atoms with Crippen LogP contribution in [-0.4, -0.2) is 27.3 Å². The summed E-state index contributed by atoms with van der Waals surface area (Å²) in [5.41, 5.74) is 9.45. The second-order valence-electron chi connectivity index (χ2n) is 6.91. The molecule has 0 aliphatic rings. The van der Waals surface area contributed by atoms with Crippen LogP contribution >= 0.6 is 0 Å². The highest BCUT2D eigenvalue weighted by molar-refractivity contribution is 6.43. The van der Waals surface area contributed by atoms with E-state index in [2.05, 4.69) is 0 Å². The number of carboxylic acid groups (broad SMARTS) is 1. The van der Waals surface area contributed by atoms with E-state index in [9.17, 15) is 19.5 Å². The zero-order valence-corrected chi connectivity index (χ0v) is 15.7. The number of fused-ring (bicyclic) bond motifs is 3. The van der Waals surface area contributed by atoms with Crippen molar-refractivity contribution in [2.45, 2.75) is 13.5 Å². The molecule has 1 heterocycles. The number of amides is 1. The number of carbonyl (C=O) groups excluding carboxylic acids is 2. The average molecular weight is 386 g/mol. The highest BCUT2D eigenvalue weighted by Crippen LogP contribution is 2.35. The molecule has 144 valence electrons. The molecule has 3 N–H and O–H groups in total. The van der Waals surface area contributed by atoms with Crippen LogP contribution in [0.4, 0.5) is 0 Å². The molecule has 29 heavy (non-hydrogen) atoms. The Bertz CT molecular complexity index is 1320. The third kappa shape index (κ3) is 2.95. The minimum absolute atomic E-state index is 0.0391. The molecule has 4 rings (SSSR count). The number of primary amides is 1. The summed E-state index contributed by atoms with van der Waals surface area (Å²) in [6, 6.07) is 18.0. The minimum atomic E-state index is -1.55. The summed E-state index contributed by atoms with van der Waals surface area (Å²) in [5.74, 6) is -3.21. The van der Waals surface area contributed by atoms with Crippen molar-refractivity contribution in [3.05, 3.63) is 82.9 Å². The number of aliphatic carboxylic acids is 1. The fourth-order valence-electron chi connectivity index (χ4n) is 3.82. The lowest BCUT2D eigenvalue weighted by Crippen LogP contribution is -2.14. The molecule has 0 aliphatic carbocycles. The van der Waals surface area contributed by atoms with Gasteiger partial charge in [0.15, 0.2) is 0 Å². The number of carboxylic acids is 1. The van der Waals surface area contributed by atoms with Gasteiger partial charge in [0.25, 0.3) is 5.78 Å². The lowest BCUT2D eigenvalue weighted by Gasteiger charge is -2.10. The molecule has 4 aromatic rings. The highest BCUT2D eigenvalue weighted by atomic mass is 16.4. The van der Waals surface area contributed by atoms with Gasteiger partial charge in [0.2, 0.25) is 5.91 Å². The maximum atomic E-state index is 12.4. The number of rotatable bonds is 5. The van der Waals surface area contributed by atoms with Crippen molar-refractivity contribution in [3.8, 4) is 0 Å². The zero-order chi connectivity index (χ0) is 20.7. The zero-order valence-electron chi connectivity index (χ0n) is 15.7. The molecular formula is C23H18N2O4. The van der Waals surface area contributed by atoms with E-state index in [1.807, 2.05) is 47.9 Å². The first-order valence-corrected chi connectivity index (χ1v) is 9.06. The maximum Gasteiger partial charge on any atom is 0.377 e. The predicted molar refractivity (Wildman–Crippen MR) is 110 cm³/mol. The molecular weight excluding hydrogens is 368 g/mol. The van der Waals surface area contributed by atoms with Crippen molar-refractivity contribution in [3.63, 3.8) is 0 Å². The third-order valence-electron chi connectivity index (χ3n) is 5.21. The molecule has 6 heteroatoms. The van der Waals surface area contributed by atoms with Crippen molar-refractivity contribution in [1.29, 1.82) is 0 Å². The van der Waals surface area contributed by atoms with Crippen LogP contribution in [0.5, 0.6) is 0 Å². The van der Waals surface area contributed by atoms with Gasteiger partial charge in [0.05, 0.1) is 11.0 Å². The minimum Gasteiger partial charge on any atom is -0.475 e. The van der Waals surface area contributed by atoms with Crippen LogP contribution in [0.2, 0.25) is 0 Å². The number of hydrogen-bond donors (Lipinski definition) is 2. The first-order chi connectivity index (χ1) is 13.9. The second-order valence-corrected chi connectivity index (χ2v) is 6.91. The normalized spacial score (nSPS) is 11.1. The van der Waals surface area contributed by atoms with Crippen LogP contribution < -0.4 is 5.73 Å². The molecule has 6 nitrogen and oxygen atoms in total. The van der Waals surface area contributed by atoms with Crippen LogP contribution in [0.15, 0.2) is 60.7 Å². The van der Waals surface area contributed by atoms with E-state index in [4.69, 9.17) is 5.73 Å². The van der Waals surface area contributed by atoms with Gasteiger partial charge >= 0.3 is 5.97 Å². The SMILES string of the molecule is Cc1ccccc1Cn1c2cccc(C(N)=O)c2c2c(C(=O)C(=O)O)cccc21. The van der Waals surface area contributed by atoms with E-state index in [-0.39, 0.29) is 11.1 Å². The molecule has 0 saturated heterocycles. The summed E-state index contributed by atoms with van der Waals surface area (Å²) >= 11 is 0. The maximum absolute atomic E-state index is 12.4. The molecule has 0 radical (unpaired) electrons. The standard InChI is InChI=1S/C23H18N2O4/c1-13-6-2-3-7-14(13)12-25-17-10-4-8-15(21(26)23(28)29)19(17)20-16(22(24)27)9-5-11-18(20)25/h2-11H,12H2,1H3,(H2,24,27)(H,28,29). The lowest BCUT2D eigenvalue weighted by molar-refractivity contribution is -0.131. The number of Topliss-reactive ketones (excluding diaryl/α,β-unsaturated/α-hetero) is 1. The van der Waals surface area contributed by atoms with E-state index in [0.29, 0.717) is 28.4 Å². The van der Waals surface area contributed by atoms with Gasteiger partial charge in [-0.2, -0.15) is 0 Å². The number of aryl methyl sites for hydroxylation is 1. The lowest BCUT2D eigenvalue weighted by atomic mass is 9.99. The Labute approximate surface area is 166 Å². The predicted octanol–water partition coefficient (Wildman–Crippen LogP) is 3.52. The van der Waals surface area contributed by atoms with Crippen molar-refractivity contribution < 1.29 is 19.5 Å². The van der Waals surface area contributed by atoms with Crippen molar-refractivity contribution in [1.82, 2.24) is 4.57 Å². The van der Waals surface area contributed by atoms with Crippen LogP contribution in [0.25, 0.3) is 21.8 Å². The Morgan fingerprint density at radius 3 is 2.03 bits per heavy atom. The van der Waals surface area contributed by atoms with Gasteiger partial charge in [0.1, 0.15) is 0 Å². The molecule has 1 aromatic heterocycles. The Kier molecular flexibility index (Phi) is 4.39. The van der Waals surface area contributed by atoms with Gasteiger partial charge in [-0.1, -0.05) is 36.4 Å². The average Bonchev–Trinajstić information content (AvgIpc) is 3.03. The number of hydrogen-bond acceptors (Lipinski definition) is 3. The smallest absolute Gasteiger partial charge is 0.377 e. The van der Waals surface area contributed by atoms with Crippen LogP contribution in [-0.2, 0) is 11.3 Å². The second kappa shape index (κ2) is 6.91. The molecule has 0 bridgehead atoms. The van der Waals surface area contributed by atoms with Gasteiger partial charge in [0, 0.05) is 28.4 Å². The van der Waals surface area contributed by atoms with Gasteiger partial charge in [-0.25, -0.2) is 4.79 Å². The topological polar surface area (TPSA) is 102 Å². The van der Waals surface area contributed by atoms with Crippen molar-refractivity contribution >= 4 is 39.5 Å². The van der Waals surface area contributed by atoms with Crippen LogP contribution in [0.3, 0.4) is 0 Å². The van der Waals surface area contributed by atoms with E-state index in [1.54, 1.807) is 18.2 Å². The van der Waals surface area contributed by atoms with Crippen LogP contribution in [0, 0.1) is 6.92 Å². The van der Waals surface area contributed by atoms with Gasteiger partial charge < -0.3 is 15.4 Å². The molecule has 0 spiro atoms. The van der Waals surface area contributed by atoms with Crippen molar-refractivity contribution in [2.75, 3.05) is 0 Å². The Hall–Kier alpha value is -3.93. The summed E-state index contributed by atoms with van der Waals surface area (Å²) in [4.78, 5) is 35.9. The monoisotopic (exact) mass is 386 g/mol. The van der Waals surface area contributed by atoms with Crippen molar-refractivity contribution in [2.24, 2.45) is 5.73 Å². The molecule has 0 fully saturated rings. The van der Waals surface area contributed by atoms with Crippen LogP contribution in [0.1, 0.15) is 31.8 Å². The number of benzene rings is 3. The first kappa shape index (κ1) is 18.4. The Morgan fingerprint density at radius 1 is 0.862 bits per heavy atom. The third-order valence-corrected chi connectivity index (χ3v) is 5.21. The summed E-state index contributed by atoms with van der Waals surface area (Å²) in [6.45, 7) is 2.51. The number of carbonyl (C=O) groups is 3. The van der Waals surface area contributed by atoms with Gasteiger partial charge in [-0.05, 0) is 42.3 Å². The van der Waals surface area contributed by atoms with E-state index >= 15 is 0 Å². The van der Waals surface area contributed by atoms with E-state index < -0.39 is 17.7 Å². The number of nitrogens with zero attached hydrogens (tertiary/aromatic N) is 1. The fraction of sp³-hybridized carbons (Fsp3) is 0.0870. The Morgan fingerprint density at radius 2 is 1.45 bits per heavy atom. The number of nitrogens with two attached hydrogens (primary N) is 1. The van der Waals surface area contributed by atoms with E-state index in [1.165, 1.54) is 6.07 Å². The fourth-order valence-corrected chi connectivity index (χ4v) is 3.82. The first-order valence-electron chi connectivity index (χ1n) is 9.06. The Balaban J connectivity index is 2.13. The molecule has 3 aromatic carbocycles. The molecule has 0 unspecified atom stereocenters. The quantitative estimate of drug-likeness (QED) is 0.405. The van der Waals surface area contributed by atoms with Gasteiger partial charge in [-0.3, -0.25) is 9.59 Å². The highest BCUT2D eigenvalue weighted by Gasteiger charge is 2.24. The summed E-state index contributed by atoms with van der Waals surface area (Å²) in [5, 5.41) is 10.2. The summed E-state index contributed by atoms with van der Waals surface area (Å²) < 4.78 is 1.98. The van der Waals surface area contributed by atoms with E-state index in [0.717, 1.165) is 11.1 Å². The number of aromatic nitrogens is 1. The van der Waals surface area contributed by atoms with Gasteiger partial charge in [-0.15, -0.1) is 0 Å². The molecule has 0 atom stereocenters. The molecule has 0 aliphatic heterocycles. The molecule has 0 saturated carbocycles. The largest absolute Gasteiger partial charge is 0.475 e. The molecule has 1 amide bonds.